The zero-order valence-electron chi connectivity index (χ0n) is 9.08. The van der Waals surface area contributed by atoms with E-state index in [0.717, 1.165) is 29.7 Å². The summed E-state index contributed by atoms with van der Waals surface area (Å²) >= 11 is 0. The molecule has 1 heterocycles. The third-order valence-corrected chi connectivity index (χ3v) is 2.49. The average molecular weight is 218 g/mol. The van der Waals surface area contributed by atoms with E-state index >= 15 is 0 Å². The van der Waals surface area contributed by atoms with Crippen molar-refractivity contribution in [2.24, 2.45) is 0 Å². The molecule has 0 aliphatic rings. The molecule has 0 aliphatic heterocycles. The highest BCUT2D eigenvalue weighted by Gasteiger charge is 2.05. The number of aromatic carboxylic acids is 1. The zero-order valence-corrected chi connectivity index (χ0v) is 9.08. The predicted molar refractivity (Wildman–Crippen MR) is 62.6 cm³/mol. The van der Waals surface area contributed by atoms with Gasteiger partial charge in [0.25, 0.3) is 0 Å². The second-order valence-electron chi connectivity index (χ2n) is 3.68. The van der Waals surface area contributed by atoms with Gasteiger partial charge >= 0.3 is 5.97 Å². The van der Waals surface area contributed by atoms with E-state index in [9.17, 15) is 4.79 Å². The van der Waals surface area contributed by atoms with E-state index in [1.807, 2.05) is 19.1 Å². The molecule has 1 aromatic carbocycles. The van der Waals surface area contributed by atoms with Gasteiger partial charge in [0, 0.05) is 17.8 Å². The summed E-state index contributed by atoms with van der Waals surface area (Å²) in [5, 5.41) is 13.1. The Morgan fingerprint density at radius 2 is 2.25 bits per heavy atom. The molecule has 0 radical (unpaired) electrons. The number of carbonyl (C=O) groups is 1. The molecule has 0 bridgehead atoms. The topological polar surface area (TPSA) is 65.1 Å². The van der Waals surface area contributed by atoms with Gasteiger partial charge in [-0.05, 0) is 30.1 Å². The lowest BCUT2D eigenvalue weighted by Gasteiger charge is -1.96. The van der Waals surface area contributed by atoms with Crippen molar-refractivity contribution in [3.05, 3.63) is 35.5 Å². The minimum atomic E-state index is -0.898. The van der Waals surface area contributed by atoms with Crippen LogP contribution in [0.5, 0.6) is 0 Å². The first kappa shape index (κ1) is 10.7. The molecule has 1 aromatic heterocycles. The van der Waals surface area contributed by atoms with Gasteiger partial charge in [0.2, 0.25) is 0 Å². The molecule has 84 valence electrons. The number of benzene rings is 1. The zero-order chi connectivity index (χ0) is 11.5. The number of aromatic amines is 1. The normalized spacial score (nSPS) is 10.8. The van der Waals surface area contributed by atoms with E-state index in [0.29, 0.717) is 5.56 Å². The van der Waals surface area contributed by atoms with E-state index in [1.54, 1.807) is 12.1 Å². The number of hydrogen-bond donors (Lipinski definition) is 3. The van der Waals surface area contributed by atoms with E-state index in [1.165, 1.54) is 0 Å². The maximum atomic E-state index is 10.8. The van der Waals surface area contributed by atoms with Crippen molar-refractivity contribution in [1.29, 1.82) is 0 Å². The Bertz CT molecular complexity index is 517. The quantitative estimate of drug-likeness (QED) is 0.735. The van der Waals surface area contributed by atoms with E-state index < -0.39 is 5.97 Å². The Morgan fingerprint density at radius 1 is 1.44 bits per heavy atom. The summed E-state index contributed by atoms with van der Waals surface area (Å²) in [4.78, 5) is 14.0. The Hall–Kier alpha value is -1.81. The maximum absolute atomic E-state index is 10.8. The molecule has 4 nitrogen and oxygen atoms in total. The second-order valence-corrected chi connectivity index (χ2v) is 3.68. The van der Waals surface area contributed by atoms with Crippen LogP contribution in [0.25, 0.3) is 10.9 Å². The smallest absolute Gasteiger partial charge is 0.335 e. The number of carboxylic acids is 1. The standard InChI is InChI=1S/C12H14N2O2/c1-2-13-7-10-5-8-3-4-9(12(15)16)6-11(8)14-10/h3-6,13-14H,2,7H2,1H3,(H,15,16). The summed E-state index contributed by atoms with van der Waals surface area (Å²) in [6.07, 6.45) is 0. The number of H-pyrrole nitrogens is 1. The Kier molecular flexibility index (Phi) is 2.92. The number of carboxylic acid groups (broad SMARTS) is 1. The van der Waals surface area contributed by atoms with Gasteiger partial charge in [0.05, 0.1) is 5.56 Å². The lowest BCUT2D eigenvalue weighted by atomic mass is 10.2. The number of aromatic nitrogens is 1. The van der Waals surface area contributed by atoms with Gasteiger partial charge in [0.1, 0.15) is 0 Å². The van der Waals surface area contributed by atoms with Gasteiger partial charge in [-0.3, -0.25) is 0 Å². The summed E-state index contributed by atoms with van der Waals surface area (Å²) < 4.78 is 0. The Balaban J connectivity index is 2.34. The van der Waals surface area contributed by atoms with Crippen LogP contribution in [0.3, 0.4) is 0 Å². The van der Waals surface area contributed by atoms with Gasteiger partial charge in [0.15, 0.2) is 0 Å². The molecule has 2 rings (SSSR count). The monoisotopic (exact) mass is 218 g/mol. The SMILES string of the molecule is CCNCc1cc2ccc(C(=O)O)cc2[nH]1. The molecule has 0 amide bonds. The molecule has 0 saturated heterocycles. The van der Waals surface area contributed by atoms with Crippen molar-refractivity contribution in [1.82, 2.24) is 10.3 Å². The molecule has 4 heteroatoms. The first-order valence-electron chi connectivity index (χ1n) is 5.26. The first-order valence-corrected chi connectivity index (χ1v) is 5.26. The highest BCUT2D eigenvalue weighted by molar-refractivity contribution is 5.93. The van der Waals surface area contributed by atoms with Crippen molar-refractivity contribution in [3.8, 4) is 0 Å². The fourth-order valence-corrected chi connectivity index (χ4v) is 1.68. The van der Waals surface area contributed by atoms with E-state index in [-0.39, 0.29) is 0 Å². The lowest BCUT2D eigenvalue weighted by molar-refractivity contribution is 0.0697. The molecule has 0 aliphatic carbocycles. The number of nitrogens with one attached hydrogen (secondary N) is 2. The molecule has 0 unspecified atom stereocenters. The van der Waals surface area contributed by atoms with Crippen LogP contribution in [0.1, 0.15) is 23.0 Å². The van der Waals surface area contributed by atoms with Gasteiger partial charge in [-0.2, -0.15) is 0 Å². The van der Waals surface area contributed by atoms with Crippen molar-refractivity contribution < 1.29 is 9.90 Å². The van der Waals surface area contributed by atoms with Crippen molar-refractivity contribution in [2.45, 2.75) is 13.5 Å². The summed E-state index contributed by atoms with van der Waals surface area (Å²) in [5.41, 5.74) is 2.25. The number of rotatable bonds is 4. The Labute approximate surface area is 93.3 Å². The van der Waals surface area contributed by atoms with Gasteiger partial charge < -0.3 is 15.4 Å². The molecule has 0 saturated carbocycles. The minimum Gasteiger partial charge on any atom is -0.478 e. The number of hydrogen-bond acceptors (Lipinski definition) is 2. The van der Waals surface area contributed by atoms with Crippen LogP contribution in [0.4, 0.5) is 0 Å². The molecular weight excluding hydrogens is 204 g/mol. The molecule has 0 atom stereocenters. The number of fused-ring (bicyclic) bond motifs is 1. The second kappa shape index (κ2) is 4.37. The van der Waals surface area contributed by atoms with Crippen LogP contribution in [0.15, 0.2) is 24.3 Å². The molecule has 3 N–H and O–H groups in total. The fraction of sp³-hybridized carbons (Fsp3) is 0.250. The van der Waals surface area contributed by atoms with Crippen LogP contribution < -0.4 is 5.32 Å². The summed E-state index contributed by atoms with van der Waals surface area (Å²) in [6.45, 7) is 3.73. The largest absolute Gasteiger partial charge is 0.478 e. The average Bonchev–Trinajstić information content (AvgIpc) is 2.67. The van der Waals surface area contributed by atoms with Crippen LogP contribution in [0.2, 0.25) is 0 Å². The summed E-state index contributed by atoms with van der Waals surface area (Å²) in [5.74, 6) is -0.898. The van der Waals surface area contributed by atoms with Crippen LogP contribution in [-0.2, 0) is 6.54 Å². The Morgan fingerprint density at radius 3 is 2.94 bits per heavy atom. The van der Waals surface area contributed by atoms with Gasteiger partial charge in [-0.15, -0.1) is 0 Å². The molecule has 2 aromatic rings. The highest BCUT2D eigenvalue weighted by atomic mass is 16.4. The third kappa shape index (κ3) is 2.06. The van der Waals surface area contributed by atoms with Gasteiger partial charge in [-0.1, -0.05) is 13.0 Å². The third-order valence-electron chi connectivity index (χ3n) is 2.49. The van der Waals surface area contributed by atoms with Crippen molar-refractivity contribution in [3.63, 3.8) is 0 Å². The first-order chi connectivity index (χ1) is 7.70. The van der Waals surface area contributed by atoms with Crippen LogP contribution in [-0.4, -0.2) is 22.6 Å². The van der Waals surface area contributed by atoms with E-state index in [4.69, 9.17) is 5.11 Å². The molecule has 16 heavy (non-hydrogen) atoms. The molecule has 0 fully saturated rings. The predicted octanol–water partition coefficient (Wildman–Crippen LogP) is 1.98. The molecular formula is C12H14N2O2. The van der Waals surface area contributed by atoms with Crippen LogP contribution in [0, 0.1) is 0 Å². The highest BCUT2D eigenvalue weighted by Crippen LogP contribution is 2.17. The fourth-order valence-electron chi connectivity index (χ4n) is 1.68. The lowest BCUT2D eigenvalue weighted by Crippen LogP contribution is -2.11. The van der Waals surface area contributed by atoms with Crippen molar-refractivity contribution in [2.75, 3.05) is 6.54 Å². The van der Waals surface area contributed by atoms with Crippen LogP contribution >= 0.6 is 0 Å². The van der Waals surface area contributed by atoms with E-state index in [2.05, 4.69) is 10.3 Å². The maximum Gasteiger partial charge on any atom is 0.335 e. The summed E-state index contributed by atoms with van der Waals surface area (Å²) in [7, 11) is 0. The summed E-state index contributed by atoms with van der Waals surface area (Å²) in [6, 6.07) is 7.14. The minimum absolute atomic E-state index is 0.310. The van der Waals surface area contributed by atoms with Gasteiger partial charge in [-0.25, -0.2) is 4.79 Å². The van der Waals surface area contributed by atoms with Crippen molar-refractivity contribution >= 4 is 16.9 Å². The molecule has 0 spiro atoms.